The number of aromatic nitrogens is 4. The lowest BCUT2D eigenvalue weighted by atomic mass is 10.2. The van der Waals surface area contributed by atoms with E-state index in [0.29, 0.717) is 0 Å². The molecule has 0 saturated heterocycles. The second kappa shape index (κ2) is 3.51. The molecule has 0 radical (unpaired) electrons. The SMILES string of the molecule is Cn1cc(-c2cc(N)n(C)n2)c(C(F)(F)F)n1. The van der Waals surface area contributed by atoms with Crippen LogP contribution >= 0.6 is 0 Å². The number of aryl methyl sites for hydroxylation is 2. The van der Waals surface area contributed by atoms with Gasteiger partial charge in [0.25, 0.3) is 0 Å². The molecule has 8 heteroatoms. The zero-order valence-corrected chi connectivity index (χ0v) is 9.15. The minimum absolute atomic E-state index is 0.0766. The molecule has 0 unspecified atom stereocenters. The first-order chi connectivity index (χ1) is 7.79. The van der Waals surface area contributed by atoms with Gasteiger partial charge in [-0.25, -0.2) is 0 Å². The molecule has 0 aromatic carbocycles. The van der Waals surface area contributed by atoms with Crippen molar-refractivity contribution in [3.8, 4) is 11.3 Å². The van der Waals surface area contributed by atoms with Crippen LogP contribution in [0.25, 0.3) is 11.3 Å². The van der Waals surface area contributed by atoms with Crippen molar-refractivity contribution in [2.24, 2.45) is 14.1 Å². The van der Waals surface area contributed by atoms with E-state index in [1.54, 1.807) is 7.05 Å². The van der Waals surface area contributed by atoms with Crippen molar-refractivity contribution >= 4 is 5.82 Å². The van der Waals surface area contributed by atoms with Gasteiger partial charge in [0.05, 0.1) is 11.3 Å². The molecular weight excluding hydrogens is 235 g/mol. The van der Waals surface area contributed by atoms with Crippen molar-refractivity contribution < 1.29 is 13.2 Å². The Hall–Kier alpha value is -1.99. The van der Waals surface area contributed by atoms with Gasteiger partial charge in [-0.2, -0.15) is 23.4 Å². The van der Waals surface area contributed by atoms with E-state index in [-0.39, 0.29) is 17.1 Å². The maximum Gasteiger partial charge on any atom is 0.435 e. The Balaban J connectivity index is 2.59. The Bertz CT molecular complexity index is 532. The van der Waals surface area contributed by atoms with Gasteiger partial charge in [0.2, 0.25) is 0 Å². The van der Waals surface area contributed by atoms with Crippen LogP contribution in [0.15, 0.2) is 12.3 Å². The van der Waals surface area contributed by atoms with Gasteiger partial charge in [-0.05, 0) is 0 Å². The highest BCUT2D eigenvalue weighted by Crippen LogP contribution is 2.35. The van der Waals surface area contributed by atoms with Crippen LogP contribution < -0.4 is 5.73 Å². The van der Waals surface area contributed by atoms with Gasteiger partial charge in [-0.1, -0.05) is 0 Å². The summed E-state index contributed by atoms with van der Waals surface area (Å²) in [6.45, 7) is 0. The van der Waals surface area contributed by atoms with Gasteiger partial charge in [0.1, 0.15) is 5.82 Å². The fourth-order valence-electron chi connectivity index (χ4n) is 1.50. The van der Waals surface area contributed by atoms with E-state index in [1.807, 2.05) is 0 Å². The molecule has 2 aromatic rings. The number of alkyl halides is 3. The number of halogens is 3. The smallest absolute Gasteiger partial charge is 0.384 e. The first-order valence-corrected chi connectivity index (χ1v) is 4.70. The third-order valence-electron chi connectivity index (χ3n) is 2.29. The Morgan fingerprint density at radius 1 is 1.24 bits per heavy atom. The Morgan fingerprint density at radius 2 is 1.88 bits per heavy atom. The van der Waals surface area contributed by atoms with Crippen molar-refractivity contribution in [2.75, 3.05) is 5.73 Å². The predicted octanol–water partition coefficient (Wildman–Crippen LogP) is 1.42. The van der Waals surface area contributed by atoms with E-state index in [0.717, 1.165) is 4.68 Å². The Kier molecular flexibility index (Phi) is 2.37. The molecule has 0 amide bonds. The molecule has 2 N–H and O–H groups in total. The summed E-state index contributed by atoms with van der Waals surface area (Å²) in [4.78, 5) is 0. The van der Waals surface area contributed by atoms with Gasteiger partial charge in [0, 0.05) is 26.4 Å². The number of nitrogens with zero attached hydrogens (tertiary/aromatic N) is 4. The van der Waals surface area contributed by atoms with E-state index >= 15 is 0 Å². The second-order valence-corrected chi connectivity index (χ2v) is 3.64. The van der Waals surface area contributed by atoms with Crippen LogP contribution in [0.5, 0.6) is 0 Å². The molecule has 2 rings (SSSR count). The summed E-state index contributed by atoms with van der Waals surface area (Å²) < 4.78 is 40.5. The number of rotatable bonds is 1. The van der Waals surface area contributed by atoms with E-state index in [4.69, 9.17) is 5.73 Å². The molecule has 0 saturated carbocycles. The molecular formula is C9H10F3N5. The van der Waals surface area contributed by atoms with Crippen LogP contribution in [0.2, 0.25) is 0 Å². The van der Waals surface area contributed by atoms with Crippen LogP contribution in [0, 0.1) is 0 Å². The van der Waals surface area contributed by atoms with Crippen molar-refractivity contribution in [1.29, 1.82) is 0 Å². The van der Waals surface area contributed by atoms with Crippen LogP contribution in [-0.2, 0) is 20.3 Å². The average molecular weight is 245 g/mol. The zero-order valence-electron chi connectivity index (χ0n) is 9.15. The lowest BCUT2D eigenvalue weighted by Gasteiger charge is -2.03. The predicted molar refractivity (Wildman–Crippen MR) is 54.8 cm³/mol. The highest BCUT2D eigenvalue weighted by molar-refractivity contribution is 5.64. The molecule has 0 bridgehead atoms. The molecule has 0 atom stereocenters. The molecule has 2 heterocycles. The molecule has 0 aliphatic heterocycles. The van der Waals surface area contributed by atoms with Crippen molar-refractivity contribution in [3.63, 3.8) is 0 Å². The highest BCUT2D eigenvalue weighted by Gasteiger charge is 2.38. The Morgan fingerprint density at radius 3 is 2.35 bits per heavy atom. The lowest BCUT2D eigenvalue weighted by molar-refractivity contribution is -0.141. The third kappa shape index (κ3) is 1.97. The van der Waals surface area contributed by atoms with E-state index < -0.39 is 11.9 Å². The molecule has 0 aliphatic carbocycles. The summed E-state index contributed by atoms with van der Waals surface area (Å²) in [5.41, 5.74) is 4.66. The third-order valence-corrected chi connectivity index (χ3v) is 2.29. The zero-order chi connectivity index (χ0) is 12.8. The summed E-state index contributed by atoms with van der Waals surface area (Å²) >= 11 is 0. The number of anilines is 1. The number of hydrogen-bond donors (Lipinski definition) is 1. The topological polar surface area (TPSA) is 61.7 Å². The molecule has 0 spiro atoms. The molecule has 0 fully saturated rings. The Labute approximate surface area is 94.6 Å². The number of nitrogens with two attached hydrogens (primary N) is 1. The molecule has 0 aliphatic rings. The van der Waals surface area contributed by atoms with Crippen LogP contribution in [0.3, 0.4) is 0 Å². The molecule has 92 valence electrons. The number of hydrogen-bond acceptors (Lipinski definition) is 3. The first-order valence-electron chi connectivity index (χ1n) is 4.70. The molecule has 17 heavy (non-hydrogen) atoms. The largest absolute Gasteiger partial charge is 0.435 e. The summed E-state index contributed by atoms with van der Waals surface area (Å²) in [7, 11) is 2.98. The van der Waals surface area contributed by atoms with Crippen molar-refractivity contribution in [3.05, 3.63) is 18.0 Å². The number of nitrogen functional groups attached to an aromatic ring is 1. The first kappa shape index (κ1) is 11.5. The minimum atomic E-state index is -4.51. The quantitative estimate of drug-likeness (QED) is 0.826. The fourth-order valence-corrected chi connectivity index (χ4v) is 1.50. The van der Waals surface area contributed by atoms with Gasteiger partial charge in [0.15, 0.2) is 5.69 Å². The van der Waals surface area contributed by atoms with E-state index in [1.165, 1.54) is 24.0 Å². The van der Waals surface area contributed by atoms with Crippen LogP contribution in [0.4, 0.5) is 19.0 Å². The molecule has 5 nitrogen and oxygen atoms in total. The molecule has 2 aromatic heterocycles. The second-order valence-electron chi connectivity index (χ2n) is 3.64. The van der Waals surface area contributed by atoms with Gasteiger partial charge < -0.3 is 5.73 Å². The maximum atomic E-state index is 12.7. The monoisotopic (exact) mass is 245 g/mol. The van der Waals surface area contributed by atoms with E-state index in [2.05, 4.69) is 10.2 Å². The highest BCUT2D eigenvalue weighted by atomic mass is 19.4. The van der Waals surface area contributed by atoms with Crippen LogP contribution in [0.1, 0.15) is 5.69 Å². The van der Waals surface area contributed by atoms with Gasteiger partial charge in [-0.3, -0.25) is 9.36 Å². The van der Waals surface area contributed by atoms with Gasteiger partial charge >= 0.3 is 6.18 Å². The summed E-state index contributed by atoms with van der Waals surface area (Å²) in [6.07, 6.45) is -3.24. The van der Waals surface area contributed by atoms with Crippen molar-refractivity contribution in [2.45, 2.75) is 6.18 Å². The van der Waals surface area contributed by atoms with Crippen LogP contribution in [-0.4, -0.2) is 19.6 Å². The summed E-state index contributed by atoms with van der Waals surface area (Å²) in [5.74, 6) is 0.289. The standard InChI is InChI=1S/C9H10F3N5/c1-16-4-5(8(15-16)9(10,11)12)6-3-7(13)17(2)14-6/h3-4H,13H2,1-2H3. The normalized spacial score (nSPS) is 12.1. The van der Waals surface area contributed by atoms with Gasteiger partial charge in [-0.15, -0.1) is 0 Å². The van der Waals surface area contributed by atoms with Crippen molar-refractivity contribution in [1.82, 2.24) is 19.6 Å². The minimum Gasteiger partial charge on any atom is -0.384 e. The fraction of sp³-hybridized carbons (Fsp3) is 0.333. The lowest BCUT2D eigenvalue weighted by Crippen LogP contribution is -2.08. The maximum absolute atomic E-state index is 12.7. The van der Waals surface area contributed by atoms with E-state index in [9.17, 15) is 13.2 Å². The summed E-state index contributed by atoms with van der Waals surface area (Å²) in [6, 6.07) is 1.38. The average Bonchev–Trinajstić information content (AvgIpc) is 2.70. The summed E-state index contributed by atoms with van der Waals surface area (Å²) in [5, 5.41) is 7.31.